The van der Waals surface area contributed by atoms with Gasteiger partial charge in [0.15, 0.2) is 5.16 Å². The van der Waals surface area contributed by atoms with Crippen LogP contribution in [0.25, 0.3) is 16.6 Å². The predicted octanol–water partition coefficient (Wildman–Crippen LogP) is 4.23. The predicted molar refractivity (Wildman–Crippen MR) is 120 cm³/mol. The molecule has 0 radical (unpaired) electrons. The Bertz CT molecular complexity index is 1210. The number of carbonyl (C=O) groups excluding carboxylic acids is 1. The third-order valence-corrected chi connectivity index (χ3v) is 7.02. The summed E-state index contributed by atoms with van der Waals surface area (Å²) in [6, 6.07) is 12.1. The molecule has 0 bridgehead atoms. The average Bonchev–Trinajstić information content (AvgIpc) is 3.67. The first-order valence-electron chi connectivity index (χ1n) is 10.7. The molecule has 0 unspecified atom stereocenters. The molecule has 2 aliphatic rings. The number of hydrogen-bond donors (Lipinski definition) is 1. The first kappa shape index (κ1) is 20.2. The summed E-state index contributed by atoms with van der Waals surface area (Å²) in [6.45, 7) is 1.68. The SMILES string of the molecule is Cc1ccc(-n2c(SCC(=O)NC(C3CC3)C3CC3)nc3ccccc3c2=O)cc1F. The molecule has 2 aliphatic carbocycles. The van der Waals surface area contributed by atoms with Crippen LogP contribution in [0.1, 0.15) is 31.2 Å². The molecule has 0 saturated heterocycles. The summed E-state index contributed by atoms with van der Waals surface area (Å²) >= 11 is 1.21. The van der Waals surface area contributed by atoms with Crippen LogP contribution in [0.3, 0.4) is 0 Å². The monoisotopic (exact) mass is 437 g/mol. The molecule has 7 heteroatoms. The largest absolute Gasteiger partial charge is 0.352 e. The molecule has 2 saturated carbocycles. The number of fused-ring (bicyclic) bond motifs is 1. The van der Waals surface area contributed by atoms with Crippen molar-refractivity contribution in [1.82, 2.24) is 14.9 Å². The van der Waals surface area contributed by atoms with Crippen LogP contribution in [0.15, 0.2) is 52.4 Å². The van der Waals surface area contributed by atoms with Gasteiger partial charge in [0.25, 0.3) is 5.56 Å². The third-order valence-electron chi connectivity index (χ3n) is 6.08. The molecule has 31 heavy (non-hydrogen) atoms. The molecule has 0 atom stereocenters. The molecule has 0 aliphatic heterocycles. The maximum absolute atomic E-state index is 14.3. The highest BCUT2D eigenvalue weighted by Crippen LogP contribution is 2.44. The third kappa shape index (κ3) is 4.24. The van der Waals surface area contributed by atoms with Gasteiger partial charge in [-0.15, -0.1) is 0 Å². The zero-order valence-electron chi connectivity index (χ0n) is 17.3. The minimum Gasteiger partial charge on any atom is -0.352 e. The van der Waals surface area contributed by atoms with Gasteiger partial charge in [-0.25, -0.2) is 9.37 Å². The lowest BCUT2D eigenvalue weighted by molar-refractivity contribution is -0.119. The van der Waals surface area contributed by atoms with E-state index >= 15 is 0 Å². The van der Waals surface area contributed by atoms with E-state index in [9.17, 15) is 14.0 Å². The number of para-hydroxylation sites is 1. The second kappa shape index (κ2) is 8.11. The molecule has 2 fully saturated rings. The van der Waals surface area contributed by atoms with Crippen molar-refractivity contribution in [3.8, 4) is 5.69 Å². The molecule has 1 aromatic heterocycles. The van der Waals surface area contributed by atoms with E-state index in [-0.39, 0.29) is 29.1 Å². The number of hydrogen-bond acceptors (Lipinski definition) is 4. The van der Waals surface area contributed by atoms with Crippen LogP contribution in [0, 0.1) is 24.6 Å². The Balaban J connectivity index is 1.45. The van der Waals surface area contributed by atoms with Gasteiger partial charge in [0.2, 0.25) is 5.91 Å². The maximum atomic E-state index is 14.3. The molecule has 160 valence electrons. The van der Waals surface area contributed by atoms with Gasteiger partial charge in [-0.05, 0) is 74.3 Å². The Labute approximate surface area is 184 Å². The van der Waals surface area contributed by atoms with Crippen LogP contribution in [-0.4, -0.2) is 27.3 Å². The van der Waals surface area contributed by atoms with Gasteiger partial charge in [-0.2, -0.15) is 0 Å². The minimum atomic E-state index is -0.386. The van der Waals surface area contributed by atoms with Crippen molar-refractivity contribution < 1.29 is 9.18 Å². The molecule has 0 spiro atoms. The molecular weight excluding hydrogens is 413 g/mol. The molecule has 2 aromatic carbocycles. The van der Waals surface area contributed by atoms with Crippen LogP contribution in [0.5, 0.6) is 0 Å². The Hall–Kier alpha value is -2.67. The first-order valence-corrected chi connectivity index (χ1v) is 11.7. The quantitative estimate of drug-likeness (QED) is 0.444. The van der Waals surface area contributed by atoms with Crippen molar-refractivity contribution in [3.63, 3.8) is 0 Å². The van der Waals surface area contributed by atoms with Gasteiger partial charge in [-0.1, -0.05) is 30.0 Å². The Morgan fingerprint density at radius 2 is 1.90 bits per heavy atom. The maximum Gasteiger partial charge on any atom is 0.266 e. The molecule has 1 amide bonds. The van der Waals surface area contributed by atoms with Crippen molar-refractivity contribution in [1.29, 1.82) is 0 Å². The van der Waals surface area contributed by atoms with Crippen molar-refractivity contribution in [3.05, 3.63) is 64.2 Å². The first-order chi connectivity index (χ1) is 15.0. The van der Waals surface area contributed by atoms with Crippen LogP contribution in [0.2, 0.25) is 0 Å². The number of aromatic nitrogens is 2. The molecule has 3 aromatic rings. The van der Waals surface area contributed by atoms with Gasteiger partial charge in [0.1, 0.15) is 5.82 Å². The fourth-order valence-electron chi connectivity index (χ4n) is 4.05. The number of amides is 1. The molecule has 1 N–H and O–H groups in total. The summed E-state index contributed by atoms with van der Waals surface area (Å²) in [7, 11) is 0. The summed E-state index contributed by atoms with van der Waals surface area (Å²) in [5, 5.41) is 4.05. The molecule has 5 nitrogen and oxygen atoms in total. The highest BCUT2D eigenvalue weighted by molar-refractivity contribution is 7.99. The van der Waals surface area contributed by atoms with Gasteiger partial charge < -0.3 is 5.32 Å². The lowest BCUT2D eigenvalue weighted by atomic mass is 10.1. The molecule has 1 heterocycles. The van der Waals surface area contributed by atoms with Crippen LogP contribution in [0.4, 0.5) is 4.39 Å². The van der Waals surface area contributed by atoms with E-state index in [4.69, 9.17) is 0 Å². The van der Waals surface area contributed by atoms with Crippen molar-refractivity contribution >= 4 is 28.6 Å². The number of nitrogens with zero attached hydrogens (tertiary/aromatic N) is 2. The summed E-state index contributed by atoms with van der Waals surface area (Å²) in [6.07, 6.45) is 4.78. The van der Waals surface area contributed by atoms with Crippen LogP contribution in [-0.2, 0) is 4.79 Å². The normalized spacial score (nSPS) is 16.1. The standard InChI is InChI=1S/C24H24FN3O2S/c1-14-6-11-17(12-19(14)25)28-23(30)18-4-2-3-5-20(18)26-24(28)31-13-21(29)27-22(15-7-8-15)16-9-10-16/h2-6,11-12,15-16,22H,7-10,13H2,1H3,(H,27,29). The topological polar surface area (TPSA) is 64.0 Å². The highest BCUT2D eigenvalue weighted by Gasteiger charge is 2.42. The van der Waals surface area contributed by atoms with Crippen molar-refractivity contribution in [2.24, 2.45) is 11.8 Å². The van der Waals surface area contributed by atoms with Gasteiger partial charge in [0.05, 0.1) is 22.3 Å². The lowest BCUT2D eigenvalue weighted by Crippen LogP contribution is -2.39. The van der Waals surface area contributed by atoms with Gasteiger partial charge in [-0.3, -0.25) is 14.2 Å². The number of benzene rings is 2. The van der Waals surface area contributed by atoms with E-state index in [1.54, 1.807) is 37.3 Å². The molecular formula is C24H24FN3O2S. The minimum absolute atomic E-state index is 0.0437. The van der Waals surface area contributed by atoms with E-state index in [1.807, 2.05) is 6.07 Å². The Morgan fingerprint density at radius 1 is 1.19 bits per heavy atom. The number of thioether (sulfide) groups is 1. The zero-order chi connectivity index (χ0) is 21.5. The van der Waals surface area contributed by atoms with Crippen LogP contribution < -0.4 is 10.9 Å². The zero-order valence-corrected chi connectivity index (χ0v) is 18.1. The van der Waals surface area contributed by atoms with Crippen molar-refractivity contribution in [2.75, 3.05) is 5.75 Å². The van der Waals surface area contributed by atoms with Crippen LogP contribution >= 0.6 is 11.8 Å². The summed E-state index contributed by atoms with van der Waals surface area (Å²) in [5.41, 5.74) is 1.20. The second-order valence-corrected chi connectivity index (χ2v) is 9.48. The van der Waals surface area contributed by atoms with E-state index in [0.717, 1.165) is 0 Å². The smallest absolute Gasteiger partial charge is 0.266 e. The van der Waals surface area contributed by atoms with Crippen molar-refractivity contribution in [2.45, 2.75) is 43.8 Å². The van der Waals surface area contributed by atoms with Gasteiger partial charge in [0, 0.05) is 6.04 Å². The van der Waals surface area contributed by atoms with E-state index in [1.165, 1.54) is 48.1 Å². The number of aryl methyl sites for hydroxylation is 1. The van der Waals surface area contributed by atoms with E-state index < -0.39 is 0 Å². The highest BCUT2D eigenvalue weighted by atomic mass is 32.2. The average molecular weight is 438 g/mol. The summed E-state index contributed by atoms with van der Waals surface area (Å²) < 4.78 is 15.7. The number of halogens is 1. The molecule has 5 rings (SSSR count). The second-order valence-electron chi connectivity index (χ2n) is 8.54. The van der Waals surface area contributed by atoms with E-state index in [0.29, 0.717) is 39.1 Å². The van der Waals surface area contributed by atoms with E-state index in [2.05, 4.69) is 10.3 Å². The lowest BCUT2D eigenvalue weighted by Gasteiger charge is -2.18. The fourth-order valence-corrected chi connectivity index (χ4v) is 4.87. The van der Waals surface area contributed by atoms with Gasteiger partial charge >= 0.3 is 0 Å². The number of nitrogens with one attached hydrogen (secondary N) is 1. The fraction of sp³-hybridized carbons (Fsp3) is 0.375. The summed E-state index contributed by atoms with van der Waals surface area (Å²) in [5.74, 6) is 0.971. The number of carbonyl (C=O) groups is 1. The number of rotatable bonds is 7. The Morgan fingerprint density at radius 3 is 2.58 bits per heavy atom. The Kier molecular flexibility index (Phi) is 5.30. The summed E-state index contributed by atoms with van der Waals surface area (Å²) in [4.78, 5) is 30.6.